The molecule has 1 N–H and O–H groups in total. The number of aromatic nitrogens is 2. The second-order valence-electron chi connectivity index (χ2n) is 5.37. The Morgan fingerprint density at radius 1 is 1.26 bits per heavy atom. The van der Waals surface area contributed by atoms with Gasteiger partial charge in [-0.05, 0) is 24.1 Å². The third-order valence-corrected chi connectivity index (χ3v) is 3.97. The minimum Gasteiger partial charge on any atom is -0.481 e. The number of hydrogen-bond donors (Lipinski definition) is 1. The summed E-state index contributed by atoms with van der Waals surface area (Å²) in [4.78, 5) is 21.4. The van der Waals surface area contributed by atoms with Crippen LogP contribution in [-0.4, -0.2) is 30.0 Å². The number of methoxy groups -OCH3 is 1. The maximum Gasteiger partial charge on any atom is 0.227 e. The van der Waals surface area contributed by atoms with Crippen LogP contribution in [0.1, 0.15) is 12.0 Å². The zero-order valence-corrected chi connectivity index (χ0v) is 13.2. The Labute approximate surface area is 134 Å². The second-order valence-corrected chi connectivity index (χ2v) is 5.37. The summed E-state index contributed by atoms with van der Waals surface area (Å²) in [5.74, 6) is 0.593. The molecule has 0 aliphatic heterocycles. The van der Waals surface area contributed by atoms with E-state index < -0.39 is 0 Å². The van der Waals surface area contributed by atoms with E-state index in [-0.39, 0.29) is 5.91 Å². The molecule has 5 heteroatoms. The maximum atomic E-state index is 12.4. The van der Waals surface area contributed by atoms with Gasteiger partial charge in [0, 0.05) is 36.6 Å². The minimum absolute atomic E-state index is 0.0576. The lowest BCUT2D eigenvalue weighted by Gasteiger charge is -2.17. The smallest absolute Gasteiger partial charge is 0.227 e. The van der Waals surface area contributed by atoms with Gasteiger partial charge in [0.15, 0.2) is 0 Å². The van der Waals surface area contributed by atoms with Crippen molar-refractivity contribution >= 4 is 22.5 Å². The molecule has 0 bridgehead atoms. The predicted molar refractivity (Wildman–Crippen MR) is 90.8 cm³/mol. The fourth-order valence-electron chi connectivity index (χ4n) is 2.58. The molecule has 0 spiro atoms. The molecule has 0 saturated heterocycles. The Balaban J connectivity index is 1.66. The Kier molecular flexibility index (Phi) is 4.28. The van der Waals surface area contributed by atoms with Crippen molar-refractivity contribution < 1.29 is 9.53 Å². The van der Waals surface area contributed by atoms with Crippen LogP contribution in [-0.2, 0) is 11.2 Å². The first-order valence-electron chi connectivity index (χ1n) is 7.50. The van der Waals surface area contributed by atoms with Gasteiger partial charge in [-0.2, -0.15) is 0 Å². The van der Waals surface area contributed by atoms with Gasteiger partial charge in [-0.15, -0.1) is 0 Å². The first-order valence-corrected chi connectivity index (χ1v) is 7.50. The predicted octanol–water partition coefficient (Wildman–Crippen LogP) is 3.17. The van der Waals surface area contributed by atoms with E-state index >= 15 is 0 Å². The van der Waals surface area contributed by atoms with E-state index in [1.54, 1.807) is 31.3 Å². The highest BCUT2D eigenvalue weighted by molar-refractivity contribution is 5.93. The number of H-pyrrole nitrogens is 1. The molecule has 1 amide bonds. The number of pyridine rings is 1. The van der Waals surface area contributed by atoms with Crippen LogP contribution in [0.5, 0.6) is 5.88 Å². The SMILES string of the molecule is COc1ccc(N(C)C(=O)CCc2c[nH]c3ccccc23)cn1. The minimum atomic E-state index is 0.0576. The van der Waals surface area contributed by atoms with Gasteiger partial charge >= 0.3 is 0 Å². The van der Waals surface area contributed by atoms with Crippen LogP contribution >= 0.6 is 0 Å². The lowest BCUT2D eigenvalue weighted by molar-refractivity contribution is -0.118. The van der Waals surface area contributed by atoms with Gasteiger partial charge in [0.25, 0.3) is 0 Å². The summed E-state index contributed by atoms with van der Waals surface area (Å²) in [5, 5.41) is 1.18. The number of nitrogens with one attached hydrogen (secondary N) is 1. The largest absolute Gasteiger partial charge is 0.481 e. The van der Waals surface area contributed by atoms with Crippen molar-refractivity contribution in [1.82, 2.24) is 9.97 Å². The molecule has 0 aliphatic carbocycles. The number of aromatic amines is 1. The quantitative estimate of drug-likeness (QED) is 0.787. The summed E-state index contributed by atoms with van der Waals surface area (Å²) in [7, 11) is 3.33. The lowest BCUT2D eigenvalue weighted by atomic mass is 10.1. The highest BCUT2D eigenvalue weighted by atomic mass is 16.5. The molecule has 0 unspecified atom stereocenters. The van der Waals surface area contributed by atoms with Crippen LogP contribution in [0.25, 0.3) is 10.9 Å². The number of hydrogen-bond acceptors (Lipinski definition) is 3. The summed E-state index contributed by atoms with van der Waals surface area (Å²) in [6.45, 7) is 0. The number of fused-ring (bicyclic) bond motifs is 1. The van der Waals surface area contributed by atoms with Crippen LogP contribution < -0.4 is 9.64 Å². The van der Waals surface area contributed by atoms with E-state index in [4.69, 9.17) is 4.74 Å². The van der Waals surface area contributed by atoms with Gasteiger partial charge in [0.2, 0.25) is 11.8 Å². The molecular weight excluding hydrogens is 290 g/mol. The highest BCUT2D eigenvalue weighted by Gasteiger charge is 2.13. The van der Waals surface area contributed by atoms with Crippen LogP contribution in [0.15, 0.2) is 48.8 Å². The second kappa shape index (κ2) is 6.52. The molecule has 0 fully saturated rings. The molecule has 3 rings (SSSR count). The summed E-state index contributed by atoms with van der Waals surface area (Å²) in [6.07, 6.45) is 4.77. The number of ether oxygens (including phenoxy) is 1. The van der Waals surface area contributed by atoms with Crippen molar-refractivity contribution in [3.63, 3.8) is 0 Å². The zero-order chi connectivity index (χ0) is 16.2. The summed E-state index contributed by atoms with van der Waals surface area (Å²) in [6, 6.07) is 11.7. The van der Waals surface area contributed by atoms with E-state index in [9.17, 15) is 4.79 Å². The fourth-order valence-corrected chi connectivity index (χ4v) is 2.58. The average Bonchev–Trinajstić information content (AvgIpc) is 3.02. The average molecular weight is 309 g/mol. The number of amides is 1. The van der Waals surface area contributed by atoms with E-state index in [0.717, 1.165) is 16.8 Å². The molecule has 118 valence electrons. The van der Waals surface area contributed by atoms with Crippen molar-refractivity contribution in [2.45, 2.75) is 12.8 Å². The Morgan fingerprint density at radius 3 is 2.83 bits per heavy atom. The number of rotatable bonds is 5. The molecule has 0 saturated carbocycles. The monoisotopic (exact) mass is 309 g/mol. The third kappa shape index (κ3) is 3.18. The number of anilines is 1. The number of carbonyl (C=O) groups is 1. The topological polar surface area (TPSA) is 58.2 Å². The van der Waals surface area contributed by atoms with Gasteiger partial charge in [-0.1, -0.05) is 18.2 Å². The molecule has 0 radical (unpaired) electrons. The van der Waals surface area contributed by atoms with E-state index in [2.05, 4.69) is 16.0 Å². The third-order valence-electron chi connectivity index (χ3n) is 3.97. The fraction of sp³-hybridized carbons (Fsp3) is 0.222. The Bertz CT molecular complexity index is 809. The molecule has 1 aromatic carbocycles. The van der Waals surface area contributed by atoms with Crippen molar-refractivity contribution in [3.05, 3.63) is 54.4 Å². The summed E-state index contributed by atoms with van der Waals surface area (Å²) < 4.78 is 5.03. The van der Waals surface area contributed by atoms with Crippen LogP contribution in [0.4, 0.5) is 5.69 Å². The first kappa shape index (κ1) is 15.1. The van der Waals surface area contributed by atoms with E-state index in [0.29, 0.717) is 18.7 Å². The number of nitrogens with zero attached hydrogens (tertiary/aromatic N) is 2. The molecule has 2 aromatic heterocycles. The van der Waals surface area contributed by atoms with Gasteiger partial charge in [-0.25, -0.2) is 4.98 Å². The van der Waals surface area contributed by atoms with Gasteiger partial charge < -0.3 is 14.6 Å². The molecular formula is C18H19N3O2. The lowest BCUT2D eigenvalue weighted by Crippen LogP contribution is -2.26. The highest BCUT2D eigenvalue weighted by Crippen LogP contribution is 2.20. The van der Waals surface area contributed by atoms with Crippen LogP contribution in [0.3, 0.4) is 0 Å². The molecule has 3 aromatic rings. The molecule has 23 heavy (non-hydrogen) atoms. The van der Waals surface area contributed by atoms with Crippen LogP contribution in [0, 0.1) is 0 Å². The van der Waals surface area contributed by atoms with Crippen LogP contribution in [0.2, 0.25) is 0 Å². The van der Waals surface area contributed by atoms with Crippen molar-refractivity contribution in [1.29, 1.82) is 0 Å². The van der Waals surface area contributed by atoms with Crippen molar-refractivity contribution in [2.75, 3.05) is 19.1 Å². The summed E-state index contributed by atoms with van der Waals surface area (Å²) in [5.41, 5.74) is 3.02. The first-order chi connectivity index (χ1) is 11.2. The van der Waals surface area contributed by atoms with Crippen molar-refractivity contribution in [3.8, 4) is 5.88 Å². The zero-order valence-electron chi connectivity index (χ0n) is 13.2. The molecule has 0 aliphatic rings. The van der Waals surface area contributed by atoms with Crippen molar-refractivity contribution in [2.24, 2.45) is 0 Å². The van der Waals surface area contributed by atoms with Gasteiger partial charge in [0.05, 0.1) is 19.0 Å². The standard InChI is InChI=1S/C18H19N3O2/c1-21(14-8-9-17(23-2)20-12-14)18(22)10-7-13-11-19-16-6-4-3-5-15(13)16/h3-6,8-9,11-12,19H,7,10H2,1-2H3. The molecule has 5 nitrogen and oxygen atoms in total. The Morgan fingerprint density at radius 2 is 2.09 bits per heavy atom. The number of carbonyl (C=O) groups excluding carboxylic acids is 1. The van der Waals surface area contributed by atoms with Gasteiger partial charge in [0.1, 0.15) is 0 Å². The van der Waals surface area contributed by atoms with Gasteiger partial charge in [-0.3, -0.25) is 4.79 Å². The van der Waals surface area contributed by atoms with E-state index in [1.807, 2.05) is 30.5 Å². The number of para-hydroxylation sites is 1. The number of aryl methyl sites for hydroxylation is 1. The maximum absolute atomic E-state index is 12.4. The molecule has 0 atom stereocenters. The van der Waals surface area contributed by atoms with E-state index in [1.165, 1.54) is 5.39 Å². The summed E-state index contributed by atoms with van der Waals surface area (Å²) >= 11 is 0. The Hall–Kier alpha value is -2.82. The normalized spacial score (nSPS) is 10.7. The number of benzene rings is 1. The molecule has 2 heterocycles.